The Labute approximate surface area is 75.3 Å². The predicted octanol–water partition coefficient (Wildman–Crippen LogP) is -1.26. The summed E-state index contributed by atoms with van der Waals surface area (Å²) in [5.74, 6) is -0.500. The number of hydrogen-bond acceptors (Lipinski definition) is 6. The molecule has 0 amide bonds. The molecule has 0 radical (unpaired) electrons. The fraction of sp³-hybridized carbons (Fsp3) is 0. The van der Waals surface area contributed by atoms with Gasteiger partial charge in [-0.1, -0.05) is 0 Å². The number of nitrogens with zero attached hydrogens (tertiary/aromatic N) is 4. The quantitative estimate of drug-likeness (QED) is 0.432. The Balaban J connectivity index is 2.97. The van der Waals surface area contributed by atoms with E-state index in [9.17, 15) is 14.9 Å². The van der Waals surface area contributed by atoms with Gasteiger partial charge in [0.2, 0.25) is 0 Å². The fourth-order valence-electron chi connectivity index (χ4n) is 1.05. The first-order valence-electron chi connectivity index (χ1n) is 3.47. The molecule has 2 aromatic heterocycles. The van der Waals surface area contributed by atoms with E-state index in [1.165, 1.54) is 6.33 Å². The fourth-order valence-corrected chi connectivity index (χ4v) is 1.05. The maximum Gasteiger partial charge on any atom is 0.343 e. The Morgan fingerprint density at radius 3 is 3.00 bits per heavy atom. The van der Waals surface area contributed by atoms with E-state index in [-0.39, 0.29) is 15.8 Å². The van der Waals surface area contributed by atoms with Gasteiger partial charge in [-0.15, -0.1) is 0 Å². The minimum atomic E-state index is -0.940. The van der Waals surface area contributed by atoms with Crippen molar-refractivity contribution in [2.45, 2.75) is 0 Å². The highest BCUT2D eigenvalue weighted by Gasteiger charge is 2.17. The van der Waals surface area contributed by atoms with Crippen LogP contribution in [0.5, 0.6) is 0 Å². The SMILES string of the molecule is Nc1nc2nc[nH]c2c(=O)n1[N+](=O)[O-]. The highest BCUT2D eigenvalue weighted by Crippen LogP contribution is 2.02. The van der Waals surface area contributed by atoms with Crippen molar-refractivity contribution in [2.24, 2.45) is 0 Å². The van der Waals surface area contributed by atoms with Crippen LogP contribution < -0.4 is 11.3 Å². The van der Waals surface area contributed by atoms with E-state index in [1.807, 2.05) is 0 Å². The third-order valence-electron chi connectivity index (χ3n) is 1.63. The van der Waals surface area contributed by atoms with Gasteiger partial charge in [-0.05, 0) is 0 Å². The van der Waals surface area contributed by atoms with Crippen molar-refractivity contribution in [1.82, 2.24) is 19.6 Å². The predicted molar refractivity (Wildman–Crippen MR) is 45.0 cm³/mol. The molecule has 0 aliphatic carbocycles. The van der Waals surface area contributed by atoms with Crippen molar-refractivity contribution in [2.75, 3.05) is 5.73 Å². The molecule has 2 heterocycles. The average molecular weight is 196 g/mol. The number of anilines is 1. The van der Waals surface area contributed by atoms with E-state index in [0.29, 0.717) is 0 Å². The van der Waals surface area contributed by atoms with Crippen molar-refractivity contribution >= 4 is 17.1 Å². The lowest BCUT2D eigenvalue weighted by Gasteiger charge is -1.96. The molecule has 2 rings (SSSR count). The monoisotopic (exact) mass is 196 g/mol. The second-order valence-electron chi connectivity index (χ2n) is 2.43. The highest BCUT2D eigenvalue weighted by molar-refractivity contribution is 5.69. The number of nitro groups is 1. The molecule has 0 atom stereocenters. The number of nitrogens with two attached hydrogens (primary N) is 1. The Morgan fingerprint density at radius 2 is 2.36 bits per heavy atom. The largest absolute Gasteiger partial charge is 0.364 e. The summed E-state index contributed by atoms with van der Waals surface area (Å²) in [7, 11) is 0. The molecule has 3 N–H and O–H groups in total. The van der Waals surface area contributed by atoms with E-state index in [4.69, 9.17) is 5.73 Å². The van der Waals surface area contributed by atoms with Crippen molar-refractivity contribution in [1.29, 1.82) is 0 Å². The molecule has 9 nitrogen and oxygen atoms in total. The lowest BCUT2D eigenvalue weighted by molar-refractivity contribution is -0.542. The molecule has 0 aromatic carbocycles. The summed E-state index contributed by atoms with van der Waals surface area (Å²) >= 11 is 0. The number of imidazole rings is 1. The summed E-state index contributed by atoms with van der Waals surface area (Å²) in [5.41, 5.74) is 4.34. The van der Waals surface area contributed by atoms with Crippen LogP contribution in [0.15, 0.2) is 11.1 Å². The van der Waals surface area contributed by atoms with Gasteiger partial charge in [0.25, 0.3) is 5.95 Å². The van der Waals surface area contributed by atoms with E-state index in [2.05, 4.69) is 15.0 Å². The normalized spacial score (nSPS) is 10.6. The van der Waals surface area contributed by atoms with Crippen LogP contribution in [0.4, 0.5) is 5.95 Å². The maximum atomic E-state index is 11.4. The van der Waals surface area contributed by atoms with Gasteiger partial charge < -0.3 is 10.7 Å². The molecule has 14 heavy (non-hydrogen) atoms. The molecule has 0 bridgehead atoms. The molecule has 0 saturated heterocycles. The first kappa shape index (κ1) is 8.16. The summed E-state index contributed by atoms with van der Waals surface area (Å²) in [4.78, 5) is 31.5. The molecule has 0 aliphatic rings. The van der Waals surface area contributed by atoms with Gasteiger partial charge in [-0.2, -0.15) is 4.98 Å². The van der Waals surface area contributed by atoms with Gasteiger partial charge in [0, 0.05) is 4.68 Å². The standard InChI is InChI=1S/C5H4N6O3/c6-5-9-3-2(7-1-8-3)4(12)10(5)11(13)14/h1H,(H2,6,9)(H,7,8). The Hall–Kier alpha value is -2.45. The molecule has 0 unspecified atom stereocenters. The zero-order valence-electron chi connectivity index (χ0n) is 6.67. The highest BCUT2D eigenvalue weighted by atomic mass is 16.7. The van der Waals surface area contributed by atoms with E-state index in [1.54, 1.807) is 0 Å². The second-order valence-corrected chi connectivity index (χ2v) is 2.43. The maximum absolute atomic E-state index is 11.4. The van der Waals surface area contributed by atoms with Crippen LogP contribution in [0.3, 0.4) is 0 Å². The van der Waals surface area contributed by atoms with Gasteiger partial charge in [0.15, 0.2) is 16.2 Å². The number of nitrogen functional groups attached to an aromatic ring is 1. The van der Waals surface area contributed by atoms with E-state index < -0.39 is 16.5 Å². The van der Waals surface area contributed by atoms with Crippen molar-refractivity contribution < 1.29 is 5.03 Å². The molecule has 2 aromatic rings. The number of fused-ring (bicyclic) bond motifs is 1. The zero-order valence-corrected chi connectivity index (χ0v) is 6.67. The van der Waals surface area contributed by atoms with Gasteiger partial charge in [-0.25, -0.2) is 15.1 Å². The summed E-state index contributed by atoms with van der Waals surface area (Å²) in [6.07, 6.45) is 1.21. The third-order valence-corrected chi connectivity index (χ3v) is 1.63. The summed E-state index contributed by atoms with van der Waals surface area (Å²) in [6, 6.07) is 0. The second kappa shape index (κ2) is 2.52. The lowest BCUT2D eigenvalue weighted by Crippen LogP contribution is -2.29. The van der Waals surface area contributed by atoms with Crippen LogP contribution in [0.2, 0.25) is 0 Å². The van der Waals surface area contributed by atoms with Crippen molar-refractivity contribution in [3.63, 3.8) is 0 Å². The van der Waals surface area contributed by atoms with Gasteiger partial charge in [0.1, 0.15) is 0 Å². The minimum Gasteiger partial charge on any atom is -0.364 e. The van der Waals surface area contributed by atoms with Crippen molar-refractivity contribution in [3.05, 3.63) is 26.8 Å². The van der Waals surface area contributed by atoms with Crippen LogP contribution in [0.1, 0.15) is 0 Å². The summed E-state index contributed by atoms with van der Waals surface area (Å²) in [6.45, 7) is 0. The van der Waals surface area contributed by atoms with Gasteiger partial charge in [-0.3, -0.25) is 4.79 Å². The van der Waals surface area contributed by atoms with Crippen LogP contribution in [0, 0.1) is 10.1 Å². The number of aromatic amines is 1. The first-order valence-corrected chi connectivity index (χ1v) is 3.47. The van der Waals surface area contributed by atoms with E-state index in [0.717, 1.165) is 0 Å². The molecule has 0 spiro atoms. The van der Waals surface area contributed by atoms with Crippen molar-refractivity contribution in [3.8, 4) is 0 Å². The summed E-state index contributed by atoms with van der Waals surface area (Å²) < 4.78 is 0.153. The third kappa shape index (κ3) is 0.920. The smallest absolute Gasteiger partial charge is 0.343 e. The average Bonchev–Trinajstić information content (AvgIpc) is 2.50. The van der Waals surface area contributed by atoms with Gasteiger partial charge in [0.05, 0.1) is 6.33 Å². The number of rotatable bonds is 1. The first-order chi connectivity index (χ1) is 6.61. The molecule has 0 aliphatic heterocycles. The lowest BCUT2D eigenvalue weighted by atomic mass is 10.5. The minimum absolute atomic E-state index is 0.0455. The number of aromatic nitrogens is 4. The molecule has 72 valence electrons. The number of hydrogen-bond donors (Lipinski definition) is 2. The molecule has 9 heteroatoms. The summed E-state index contributed by atoms with van der Waals surface area (Å²) in [5, 5.41) is 9.48. The molecule has 0 saturated carbocycles. The molecular weight excluding hydrogens is 192 g/mol. The van der Waals surface area contributed by atoms with Gasteiger partial charge >= 0.3 is 5.56 Å². The zero-order chi connectivity index (χ0) is 10.3. The van der Waals surface area contributed by atoms with Crippen LogP contribution in [-0.4, -0.2) is 24.7 Å². The number of H-pyrrole nitrogens is 1. The Kier molecular flexibility index (Phi) is 1.47. The Bertz CT molecular complexity index is 568. The van der Waals surface area contributed by atoms with Crippen LogP contribution >= 0.6 is 0 Å². The molecular formula is C5H4N6O3. The van der Waals surface area contributed by atoms with Crippen LogP contribution in [-0.2, 0) is 0 Å². The topological polar surface area (TPSA) is 133 Å². The van der Waals surface area contributed by atoms with E-state index >= 15 is 0 Å². The number of nitrogens with one attached hydrogen (secondary N) is 1. The van der Waals surface area contributed by atoms with Crippen LogP contribution in [0.25, 0.3) is 11.2 Å². The Morgan fingerprint density at radius 1 is 1.64 bits per heavy atom. The molecule has 0 fully saturated rings.